The number of hydrogen-bond acceptors (Lipinski definition) is 4. The van der Waals surface area contributed by atoms with Crippen LogP contribution in [-0.4, -0.2) is 32.6 Å². The summed E-state index contributed by atoms with van der Waals surface area (Å²) in [6.07, 6.45) is 1.69. The molecular weight excluding hydrogens is 995 g/mol. The topological polar surface area (TPSA) is 68.8 Å². The number of aromatic hydroxyl groups is 2. The Hall–Kier alpha value is -7.58. The number of phenols is 2. The van der Waals surface area contributed by atoms with Crippen LogP contribution >= 0.6 is 0 Å². The van der Waals surface area contributed by atoms with Gasteiger partial charge in [0.2, 0.25) is 0 Å². The van der Waals surface area contributed by atoms with E-state index < -0.39 is 11.6 Å². The highest BCUT2D eigenvalue weighted by atomic mass is 19.1. The van der Waals surface area contributed by atoms with Crippen LogP contribution in [0.3, 0.4) is 0 Å². The van der Waals surface area contributed by atoms with Gasteiger partial charge in [-0.1, -0.05) is 123 Å². The highest BCUT2D eigenvalue weighted by molar-refractivity contribution is 6.11. The number of rotatable bonds is 14. The van der Waals surface area contributed by atoms with Gasteiger partial charge in [-0.05, 0) is 183 Å². The fourth-order valence-corrected chi connectivity index (χ4v) is 12.8. The number of aromatic nitrogens is 2. The lowest BCUT2D eigenvalue weighted by Crippen LogP contribution is -2.25. The fourth-order valence-electron chi connectivity index (χ4n) is 12.8. The molecule has 2 aromatic heterocycles. The van der Waals surface area contributed by atoms with E-state index in [1.165, 1.54) is 24.3 Å². The van der Waals surface area contributed by atoms with Crippen molar-refractivity contribution >= 4 is 43.6 Å². The minimum Gasteiger partial charge on any atom is -0.505 e. The first-order valence-electron chi connectivity index (χ1n) is 28.2. The molecule has 2 heterocycles. The zero-order chi connectivity index (χ0) is 57.5. The third kappa shape index (κ3) is 10.9. The molecule has 0 spiro atoms. The van der Waals surface area contributed by atoms with E-state index in [4.69, 9.17) is 9.47 Å². The Morgan fingerprint density at radius 2 is 0.725 bits per heavy atom. The standard InChI is InChI=1S/C72H78F2N2O4/c1-42-16-22-59-51(28-42)52-29-43(2)17-23-60(52)75(59)63-34-47(71(12,13)40-69(6,7)8)32-57(67(63)77)55-36-49(73)20-26-65(55)79-38-46(5)39-80-66-27-21-50(74)37-56(66)58-33-48(72(14,15)41-70(9,10)11)35-64(68(58)78)76-61-24-18-44(3)30-53(61)54-31-45(4)19-25-62(54)76/h16-37,46,77-78H,38-41H2,1-15H3. The van der Waals surface area contributed by atoms with Crippen LogP contribution in [-0.2, 0) is 10.8 Å². The van der Waals surface area contributed by atoms with E-state index in [2.05, 4.69) is 191 Å². The van der Waals surface area contributed by atoms with Crippen molar-refractivity contribution in [2.75, 3.05) is 13.2 Å². The summed E-state index contributed by atoms with van der Waals surface area (Å²) < 4.78 is 49.1. The monoisotopic (exact) mass is 1070 g/mol. The lowest BCUT2D eigenvalue weighted by atomic mass is 9.71. The van der Waals surface area contributed by atoms with E-state index in [1.807, 2.05) is 19.1 Å². The highest BCUT2D eigenvalue weighted by Crippen LogP contribution is 2.50. The third-order valence-corrected chi connectivity index (χ3v) is 15.8. The molecule has 0 aliphatic carbocycles. The van der Waals surface area contributed by atoms with Gasteiger partial charge < -0.3 is 28.8 Å². The van der Waals surface area contributed by atoms with Gasteiger partial charge in [0, 0.05) is 49.7 Å². The molecule has 10 aromatic rings. The van der Waals surface area contributed by atoms with Gasteiger partial charge in [0.1, 0.15) is 34.6 Å². The summed E-state index contributed by atoms with van der Waals surface area (Å²) in [7, 11) is 0. The first-order valence-corrected chi connectivity index (χ1v) is 28.2. The number of ether oxygens (including phenoxy) is 2. The second-order valence-corrected chi connectivity index (χ2v) is 26.8. The molecule has 0 bridgehead atoms. The van der Waals surface area contributed by atoms with Gasteiger partial charge in [-0.3, -0.25) is 0 Å². The second-order valence-electron chi connectivity index (χ2n) is 26.8. The predicted molar refractivity (Wildman–Crippen MR) is 329 cm³/mol. The minimum absolute atomic E-state index is 0.0107. The molecule has 8 aromatic carbocycles. The van der Waals surface area contributed by atoms with Gasteiger partial charge in [0.05, 0.1) is 46.7 Å². The van der Waals surface area contributed by atoms with Crippen molar-refractivity contribution in [3.8, 4) is 56.6 Å². The minimum atomic E-state index is -0.462. The van der Waals surface area contributed by atoms with Gasteiger partial charge in [-0.15, -0.1) is 0 Å². The maximum absolute atomic E-state index is 15.8. The summed E-state index contributed by atoms with van der Waals surface area (Å²) in [6, 6.07) is 42.7. The van der Waals surface area contributed by atoms with E-state index in [0.29, 0.717) is 45.1 Å². The molecular formula is C72H78F2N2O4. The summed E-state index contributed by atoms with van der Waals surface area (Å²) >= 11 is 0. The maximum atomic E-state index is 15.8. The number of nitrogens with zero attached hydrogens (tertiary/aromatic N) is 2. The molecule has 0 aliphatic heterocycles. The Kier molecular flexibility index (Phi) is 14.3. The van der Waals surface area contributed by atoms with Crippen molar-refractivity contribution in [2.45, 2.75) is 128 Å². The van der Waals surface area contributed by atoms with Crippen molar-refractivity contribution in [3.05, 3.63) is 178 Å². The second kappa shape index (κ2) is 20.5. The largest absolute Gasteiger partial charge is 0.505 e. The zero-order valence-corrected chi connectivity index (χ0v) is 49.5. The lowest BCUT2D eigenvalue weighted by molar-refractivity contribution is 0.189. The molecule has 0 atom stereocenters. The average molecular weight is 1070 g/mol. The molecule has 2 N–H and O–H groups in total. The molecule has 80 heavy (non-hydrogen) atoms. The Morgan fingerprint density at radius 1 is 0.412 bits per heavy atom. The summed E-state index contributed by atoms with van der Waals surface area (Å²) in [4.78, 5) is 0. The molecule has 0 fully saturated rings. The Morgan fingerprint density at radius 3 is 1.02 bits per heavy atom. The van der Waals surface area contributed by atoms with E-state index in [-0.39, 0.29) is 52.3 Å². The molecule has 6 nitrogen and oxygen atoms in total. The molecule has 0 aliphatic rings. The van der Waals surface area contributed by atoms with E-state index in [1.54, 1.807) is 12.1 Å². The van der Waals surface area contributed by atoms with Gasteiger partial charge in [-0.25, -0.2) is 8.78 Å². The number of aryl methyl sites for hydroxylation is 4. The highest BCUT2D eigenvalue weighted by Gasteiger charge is 2.33. The van der Waals surface area contributed by atoms with Crippen LogP contribution in [0.5, 0.6) is 23.0 Å². The fraction of sp³-hybridized carbons (Fsp3) is 0.333. The Bertz CT molecular complexity index is 3670. The van der Waals surface area contributed by atoms with Gasteiger partial charge in [-0.2, -0.15) is 0 Å². The summed E-state index contributed by atoms with van der Waals surface area (Å²) in [5, 5.41) is 29.9. The summed E-state index contributed by atoms with van der Waals surface area (Å²) in [6.45, 7) is 33.0. The molecule has 10 rings (SSSR count). The van der Waals surface area contributed by atoms with Gasteiger partial charge >= 0.3 is 0 Å². The van der Waals surface area contributed by atoms with Crippen LogP contribution in [0.25, 0.3) is 77.2 Å². The number of phenolic OH excluding ortho intramolecular Hbond substituents is 2. The van der Waals surface area contributed by atoms with Crippen molar-refractivity contribution in [1.82, 2.24) is 9.13 Å². The molecule has 414 valence electrons. The van der Waals surface area contributed by atoms with Crippen molar-refractivity contribution in [1.29, 1.82) is 0 Å². The number of benzene rings is 8. The predicted octanol–water partition coefficient (Wildman–Crippen LogP) is 19.7. The number of halogens is 2. The smallest absolute Gasteiger partial charge is 0.147 e. The molecule has 0 amide bonds. The Labute approximate surface area is 471 Å². The number of hydrogen-bond donors (Lipinski definition) is 2. The molecule has 0 unspecified atom stereocenters. The third-order valence-electron chi connectivity index (χ3n) is 15.8. The van der Waals surface area contributed by atoms with E-state index in [0.717, 1.165) is 89.8 Å². The van der Waals surface area contributed by atoms with E-state index in [9.17, 15) is 10.2 Å². The van der Waals surface area contributed by atoms with Crippen molar-refractivity contribution in [2.24, 2.45) is 16.7 Å². The van der Waals surface area contributed by atoms with Crippen LogP contribution in [0.4, 0.5) is 8.78 Å². The van der Waals surface area contributed by atoms with Gasteiger partial charge in [0.25, 0.3) is 0 Å². The molecule has 0 saturated carbocycles. The quantitative estimate of drug-likeness (QED) is 0.114. The molecule has 8 heteroatoms. The first kappa shape index (κ1) is 55.7. The number of fused-ring (bicyclic) bond motifs is 6. The first-order chi connectivity index (χ1) is 37.6. The van der Waals surface area contributed by atoms with Crippen LogP contribution in [0, 0.1) is 56.1 Å². The van der Waals surface area contributed by atoms with Crippen molar-refractivity contribution < 1.29 is 28.5 Å². The SMILES string of the molecule is Cc1ccc2c(c1)c1cc(C)ccc1n2-c1cc(C(C)(C)CC(C)(C)C)cc(-c2cc(F)ccc2OCC(C)COc2ccc(F)cc2-c2cc(C(C)(C)CC(C)(C)C)cc(-n3c4ccc(C)cc4c4cc(C)ccc43)c2O)c1O. The van der Waals surface area contributed by atoms with Gasteiger partial charge in [0.15, 0.2) is 0 Å². The average Bonchev–Trinajstić information content (AvgIpc) is 3.85. The molecule has 0 radical (unpaired) electrons. The molecule has 0 saturated heterocycles. The summed E-state index contributed by atoms with van der Waals surface area (Å²) in [5.41, 5.74) is 12.6. The van der Waals surface area contributed by atoms with E-state index >= 15 is 8.78 Å². The maximum Gasteiger partial charge on any atom is 0.147 e. The Balaban J connectivity index is 1.02. The van der Waals surface area contributed by atoms with Crippen LogP contribution in [0.15, 0.2) is 133 Å². The zero-order valence-electron chi connectivity index (χ0n) is 49.5. The van der Waals surface area contributed by atoms with Crippen LogP contribution < -0.4 is 9.47 Å². The normalized spacial score (nSPS) is 12.7. The lowest BCUT2D eigenvalue weighted by Gasteiger charge is -2.34. The summed E-state index contributed by atoms with van der Waals surface area (Å²) in [5.74, 6) is -0.324. The van der Waals surface area contributed by atoms with Crippen LogP contribution in [0.1, 0.15) is 122 Å². The van der Waals surface area contributed by atoms with Crippen LogP contribution in [0.2, 0.25) is 0 Å². The van der Waals surface area contributed by atoms with Crippen molar-refractivity contribution in [3.63, 3.8) is 0 Å².